The van der Waals surface area contributed by atoms with Crippen LogP contribution in [0.15, 0.2) is 24.3 Å². The lowest BCUT2D eigenvalue weighted by molar-refractivity contribution is -0.141. The average Bonchev–Trinajstić information content (AvgIpc) is 3.44. The van der Waals surface area contributed by atoms with Crippen LogP contribution >= 0.6 is 12.4 Å². The van der Waals surface area contributed by atoms with Gasteiger partial charge in [-0.3, -0.25) is 4.79 Å². The van der Waals surface area contributed by atoms with Crippen molar-refractivity contribution in [2.75, 3.05) is 47.8 Å². The lowest BCUT2D eigenvalue weighted by Gasteiger charge is -2.39. The molecular weight excluding hydrogens is 464 g/mol. The van der Waals surface area contributed by atoms with Crippen molar-refractivity contribution in [3.05, 3.63) is 41.0 Å². The Kier molecular flexibility index (Phi) is 6.97. The molecule has 0 unspecified atom stereocenters. The monoisotopic (exact) mass is 492 g/mol. The predicted molar refractivity (Wildman–Crippen MR) is 125 cm³/mol. The zero-order valence-electron chi connectivity index (χ0n) is 19.3. The van der Waals surface area contributed by atoms with Crippen LogP contribution in [0.3, 0.4) is 0 Å². The molecule has 0 radical (unpaired) electrons. The largest absolute Gasteiger partial charge is 0.502 e. The number of hydrogen-bond donors (Lipinski definition) is 3. The highest BCUT2D eigenvalue weighted by molar-refractivity contribution is 5.85. The third-order valence-corrected chi connectivity index (χ3v) is 6.79. The number of methoxy groups -OCH3 is 2. The van der Waals surface area contributed by atoms with Gasteiger partial charge in [0.2, 0.25) is 12.5 Å². The van der Waals surface area contributed by atoms with Gasteiger partial charge in [-0.1, -0.05) is 0 Å². The molecule has 1 aliphatic carbocycles. The number of rotatable bonds is 7. The Morgan fingerprint density at radius 3 is 2.26 bits per heavy atom. The van der Waals surface area contributed by atoms with E-state index in [4.69, 9.17) is 23.7 Å². The number of esters is 1. The zero-order valence-corrected chi connectivity index (χ0v) is 20.1. The summed E-state index contributed by atoms with van der Waals surface area (Å²) in [7, 11) is 4.88. The molecule has 2 aliphatic heterocycles. The maximum absolute atomic E-state index is 13.1. The number of halogens is 1. The Morgan fingerprint density at radius 1 is 1.00 bits per heavy atom. The molecule has 1 saturated heterocycles. The SMILES string of the molecule is CNCCN[C@@H]1c2cc3c(cc2[C@@H](c2cc(OC)c(O)c(OC)c2)[C@H]2C(=O)OC[C@@H]21)OCO3.Cl. The summed E-state index contributed by atoms with van der Waals surface area (Å²) in [6.07, 6.45) is 0. The molecule has 184 valence electrons. The molecule has 5 rings (SSSR count). The topological polar surface area (TPSA) is 108 Å². The molecule has 2 heterocycles. The summed E-state index contributed by atoms with van der Waals surface area (Å²) in [5.74, 6) is 0.768. The fourth-order valence-electron chi connectivity index (χ4n) is 5.27. The fraction of sp³-hybridized carbons (Fsp3) is 0.458. The highest BCUT2D eigenvalue weighted by atomic mass is 35.5. The minimum absolute atomic E-state index is 0. The summed E-state index contributed by atoms with van der Waals surface area (Å²) in [5.41, 5.74) is 2.80. The number of nitrogens with one attached hydrogen (secondary N) is 2. The quantitative estimate of drug-likeness (QED) is 0.396. The second kappa shape index (κ2) is 9.77. The van der Waals surface area contributed by atoms with E-state index in [0.717, 1.165) is 29.8 Å². The first-order valence-electron chi connectivity index (χ1n) is 11.0. The molecule has 0 amide bonds. The van der Waals surface area contributed by atoms with E-state index in [0.29, 0.717) is 18.1 Å². The Bertz CT molecular complexity index is 1050. The molecule has 0 bridgehead atoms. The minimum Gasteiger partial charge on any atom is -0.502 e. The lowest BCUT2D eigenvalue weighted by atomic mass is 9.65. The van der Waals surface area contributed by atoms with Crippen LogP contribution in [-0.2, 0) is 9.53 Å². The van der Waals surface area contributed by atoms with Gasteiger partial charge in [0, 0.05) is 31.0 Å². The van der Waals surface area contributed by atoms with E-state index in [-0.39, 0.29) is 60.3 Å². The number of phenols is 1. The predicted octanol–water partition coefficient (Wildman–Crippen LogP) is 2.34. The van der Waals surface area contributed by atoms with Crippen molar-refractivity contribution in [2.24, 2.45) is 11.8 Å². The number of carbonyl (C=O) groups excluding carboxylic acids is 1. The van der Waals surface area contributed by atoms with E-state index in [9.17, 15) is 9.90 Å². The van der Waals surface area contributed by atoms with Crippen LogP contribution in [0.5, 0.6) is 28.7 Å². The first-order chi connectivity index (χ1) is 16.1. The standard InChI is InChI=1S/C24H28N2O7.ClH/c1-25-4-5-26-22-14-9-17-16(32-11-33-17)8-13(14)20(21-15(22)10-31-24(21)28)12-6-18(29-2)23(27)19(7-12)30-3;/h6-9,15,20-22,25-27H,4-5,10-11H2,1-3H3;1H/t15-,20+,21-,22+;/m0./s1. The van der Waals surface area contributed by atoms with E-state index in [1.54, 1.807) is 12.1 Å². The van der Waals surface area contributed by atoms with Crippen LogP contribution in [0.1, 0.15) is 28.7 Å². The second-order valence-electron chi connectivity index (χ2n) is 8.44. The summed E-state index contributed by atoms with van der Waals surface area (Å²) < 4.78 is 27.7. The minimum atomic E-state index is -0.413. The van der Waals surface area contributed by atoms with Crippen molar-refractivity contribution in [1.29, 1.82) is 0 Å². The fourth-order valence-corrected chi connectivity index (χ4v) is 5.27. The molecular formula is C24H29ClN2O7. The van der Waals surface area contributed by atoms with Crippen LogP contribution in [-0.4, -0.2) is 58.8 Å². The van der Waals surface area contributed by atoms with Gasteiger partial charge in [0.1, 0.15) is 0 Å². The molecule has 2 aromatic carbocycles. The number of ether oxygens (including phenoxy) is 5. The molecule has 3 N–H and O–H groups in total. The van der Waals surface area contributed by atoms with E-state index in [2.05, 4.69) is 10.6 Å². The molecule has 0 spiro atoms. The summed E-state index contributed by atoms with van der Waals surface area (Å²) >= 11 is 0. The molecule has 3 aliphatic rings. The first-order valence-corrected chi connectivity index (χ1v) is 11.0. The number of carbonyl (C=O) groups is 1. The van der Waals surface area contributed by atoms with Gasteiger partial charge in [0.15, 0.2) is 23.0 Å². The second-order valence-corrected chi connectivity index (χ2v) is 8.44. The Morgan fingerprint density at radius 2 is 1.65 bits per heavy atom. The van der Waals surface area contributed by atoms with E-state index in [1.807, 2.05) is 19.2 Å². The van der Waals surface area contributed by atoms with Gasteiger partial charge in [0.05, 0.1) is 26.7 Å². The number of fused-ring (bicyclic) bond motifs is 3. The molecule has 0 saturated carbocycles. The van der Waals surface area contributed by atoms with Crippen LogP contribution in [0, 0.1) is 11.8 Å². The van der Waals surface area contributed by atoms with Gasteiger partial charge in [-0.15, -0.1) is 12.4 Å². The number of phenolic OH excluding ortho intramolecular Hbond substituents is 1. The summed E-state index contributed by atoms with van der Waals surface area (Å²) in [6.45, 7) is 2.02. The number of cyclic esters (lactones) is 1. The number of likely N-dealkylation sites (N-methyl/N-ethyl adjacent to an activating group) is 1. The van der Waals surface area contributed by atoms with E-state index < -0.39 is 5.92 Å². The average molecular weight is 493 g/mol. The molecule has 4 atom stereocenters. The van der Waals surface area contributed by atoms with Crippen LogP contribution in [0.2, 0.25) is 0 Å². The van der Waals surface area contributed by atoms with Crippen LogP contribution < -0.4 is 29.6 Å². The highest BCUT2D eigenvalue weighted by Gasteiger charge is 2.52. The van der Waals surface area contributed by atoms with Crippen molar-refractivity contribution >= 4 is 18.4 Å². The number of hydrogen-bond acceptors (Lipinski definition) is 9. The van der Waals surface area contributed by atoms with Crippen LogP contribution in [0.4, 0.5) is 0 Å². The molecule has 1 fully saturated rings. The third kappa shape index (κ3) is 3.87. The maximum Gasteiger partial charge on any atom is 0.310 e. The first kappa shape index (κ1) is 24.3. The summed E-state index contributed by atoms with van der Waals surface area (Å²) in [4.78, 5) is 13.1. The molecule has 10 heteroatoms. The van der Waals surface area contributed by atoms with Crippen molar-refractivity contribution in [3.8, 4) is 28.7 Å². The van der Waals surface area contributed by atoms with Gasteiger partial charge in [-0.2, -0.15) is 0 Å². The third-order valence-electron chi connectivity index (χ3n) is 6.79. The molecule has 2 aromatic rings. The lowest BCUT2D eigenvalue weighted by Crippen LogP contribution is -2.42. The van der Waals surface area contributed by atoms with E-state index in [1.165, 1.54) is 14.2 Å². The zero-order chi connectivity index (χ0) is 23.1. The summed E-state index contributed by atoms with van der Waals surface area (Å²) in [6, 6.07) is 7.40. The number of aromatic hydroxyl groups is 1. The summed E-state index contributed by atoms with van der Waals surface area (Å²) in [5, 5.41) is 17.2. The highest BCUT2D eigenvalue weighted by Crippen LogP contribution is 2.55. The van der Waals surface area contributed by atoms with Gasteiger partial charge in [-0.25, -0.2) is 0 Å². The van der Waals surface area contributed by atoms with Gasteiger partial charge in [0.25, 0.3) is 0 Å². The molecule has 34 heavy (non-hydrogen) atoms. The maximum atomic E-state index is 13.1. The van der Waals surface area contributed by atoms with Gasteiger partial charge < -0.3 is 39.4 Å². The molecule has 0 aromatic heterocycles. The van der Waals surface area contributed by atoms with Gasteiger partial charge >= 0.3 is 5.97 Å². The molecule has 9 nitrogen and oxygen atoms in total. The van der Waals surface area contributed by atoms with Crippen molar-refractivity contribution in [1.82, 2.24) is 10.6 Å². The Labute approximate surface area is 204 Å². The number of benzene rings is 2. The smallest absolute Gasteiger partial charge is 0.310 e. The van der Waals surface area contributed by atoms with Crippen molar-refractivity contribution in [2.45, 2.75) is 12.0 Å². The Hall–Kier alpha value is -2.88. The van der Waals surface area contributed by atoms with Crippen LogP contribution in [0.25, 0.3) is 0 Å². The van der Waals surface area contributed by atoms with Crippen molar-refractivity contribution in [3.63, 3.8) is 0 Å². The van der Waals surface area contributed by atoms with Crippen molar-refractivity contribution < 1.29 is 33.6 Å². The van der Waals surface area contributed by atoms with Gasteiger partial charge in [-0.05, 0) is 48.0 Å². The Balaban J connectivity index is 0.00000274. The normalized spacial score (nSPS) is 24.0. The van der Waals surface area contributed by atoms with E-state index >= 15 is 0 Å².